The lowest BCUT2D eigenvalue weighted by molar-refractivity contribution is -0.246. The number of hydrogen-bond acceptors (Lipinski definition) is 9. The summed E-state index contributed by atoms with van der Waals surface area (Å²) in [6, 6.07) is 0. The second-order valence-electron chi connectivity index (χ2n) is 9.16. The fourth-order valence-electron chi connectivity index (χ4n) is 6.05. The van der Waals surface area contributed by atoms with Crippen molar-refractivity contribution in [1.29, 1.82) is 0 Å². The summed E-state index contributed by atoms with van der Waals surface area (Å²) in [6.45, 7) is 6.95. The molecule has 0 radical (unpaired) electrons. The van der Waals surface area contributed by atoms with Crippen molar-refractivity contribution >= 4 is 11.6 Å². The summed E-state index contributed by atoms with van der Waals surface area (Å²) in [5.41, 5.74) is -2.82. The maximum absolute atomic E-state index is 13.7. The molecule has 2 aliphatic carbocycles. The van der Waals surface area contributed by atoms with Gasteiger partial charge in [-0.2, -0.15) is 0 Å². The van der Waals surface area contributed by atoms with Crippen molar-refractivity contribution in [2.24, 2.45) is 0 Å². The third-order valence-corrected chi connectivity index (χ3v) is 7.50. The molecule has 32 heavy (non-hydrogen) atoms. The molecule has 7 rings (SSSR count). The molecular weight excluding hydrogens is 420 g/mol. The van der Waals surface area contributed by atoms with Gasteiger partial charge in [-0.3, -0.25) is 9.59 Å². The van der Waals surface area contributed by atoms with E-state index < -0.39 is 70.9 Å². The first-order valence-electron chi connectivity index (χ1n) is 10.6. The normalized spacial score (nSPS) is 39.4. The number of aliphatic hydroxyl groups is 2. The minimum Gasteiger partial charge on any atom is -0.507 e. The Morgan fingerprint density at radius 2 is 1.69 bits per heavy atom. The topological polar surface area (TPSA) is 143 Å². The molecule has 7 atom stereocenters. The fourth-order valence-corrected chi connectivity index (χ4v) is 6.05. The van der Waals surface area contributed by atoms with Crippen LogP contribution >= 0.6 is 0 Å². The maximum Gasteiger partial charge on any atom is 0.197 e. The molecule has 9 heteroatoms. The number of ether oxygens (including phenoxy) is 3. The molecule has 4 aliphatic heterocycles. The van der Waals surface area contributed by atoms with Crippen molar-refractivity contribution in [3.05, 3.63) is 45.7 Å². The van der Waals surface area contributed by atoms with Gasteiger partial charge in [0.2, 0.25) is 0 Å². The number of fused-ring (bicyclic) bond motifs is 5. The van der Waals surface area contributed by atoms with Crippen LogP contribution in [-0.2, 0) is 19.8 Å². The van der Waals surface area contributed by atoms with Gasteiger partial charge in [0.1, 0.15) is 23.2 Å². The van der Waals surface area contributed by atoms with E-state index in [1.165, 1.54) is 6.92 Å². The average Bonchev–Trinajstić information content (AvgIpc) is 3.09. The lowest BCUT2D eigenvalue weighted by atomic mass is 9.66. The summed E-state index contributed by atoms with van der Waals surface area (Å²) in [6.07, 6.45) is -4.79. The fraction of sp³-hybridized carbons (Fsp3) is 0.478. The average molecular weight is 442 g/mol. The molecule has 168 valence electrons. The van der Waals surface area contributed by atoms with E-state index in [0.717, 1.165) is 0 Å². The van der Waals surface area contributed by atoms with Crippen LogP contribution in [0.1, 0.15) is 64.6 Å². The van der Waals surface area contributed by atoms with E-state index in [4.69, 9.17) is 14.2 Å². The Morgan fingerprint density at radius 1 is 1.03 bits per heavy atom. The van der Waals surface area contributed by atoms with Crippen LogP contribution in [0.15, 0.2) is 23.5 Å². The van der Waals surface area contributed by atoms with Crippen molar-refractivity contribution in [1.82, 2.24) is 0 Å². The van der Waals surface area contributed by atoms with Gasteiger partial charge in [0.15, 0.2) is 17.7 Å². The van der Waals surface area contributed by atoms with Gasteiger partial charge in [-0.05, 0) is 13.8 Å². The number of benzene rings is 1. The van der Waals surface area contributed by atoms with Crippen molar-refractivity contribution < 1.29 is 44.2 Å². The van der Waals surface area contributed by atoms with Gasteiger partial charge in [0.05, 0.1) is 46.9 Å². The van der Waals surface area contributed by atoms with Gasteiger partial charge in [-0.25, -0.2) is 0 Å². The number of phenols is 2. The highest BCUT2D eigenvalue weighted by Gasteiger charge is 2.60. The van der Waals surface area contributed by atoms with Crippen LogP contribution in [-0.4, -0.2) is 62.5 Å². The van der Waals surface area contributed by atoms with E-state index in [1.807, 2.05) is 0 Å². The number of hydrogen-bond donors (Lipinski definition) is 4. The number of rotatable bonds is 0. The Kier molecular flexibility index (Phi) is 3.73. The minimum absolute atomic E-state index is 0.0192. The molecule has 2 bridgehead atoms. The third-order valence-electron chi connectivity index (χ3n) is 7.50. The van der Waals surface area contributed by atoms with Gasteiger partial charge in [-0.1, -0.05) is 6.58 Å². The lowest BCUT2D eigenvalue weighted by Crippen LogP contribution is -2.58. The summed E-state index contributed by atoms with van der Waals surface area (Å²) in [7, 11) is 0. The standard InChI is InChI=1S/C23H22O9/c1-6-4-10-22(30-6)16-12(7(2)31-10)18(25)15-14(20(16)27)19(26)13-9-5-11(24)23(29,8(3)32-9)17(13)21(15)28/h7-11,22,24,26,28-29H,1,4-5H2,2-3H3/t7-,8?,9?,10-,11?,22+,23?/m0/s1. The van der Waals surface area contributed by atoms with Crippen molar-refractivity contribution in [2.75, 3.05) is 0 Å². The Balaban J connectivity index is 1.64. The van der Waals surface area contributed by atoms with Crippen molar-refractivity contribution in [3.63, 3.8) is 0 Å². The lowest BCUT2D eigenvalue weighted by Gasteiger charge is -2.52. The van der Waals surface area contributed by atoms with Gasteiger partial charge >= 0.3 is 0 Å². The molecule has 0 saturated carbocycles. The summed E-state index contributed by atoms with van der Waals surface area (Å²) in [5, 5.41) is 44.2. The summed E-state index contributed by atoms with van der Waals surface area (Å²) >= 11 is 0. The second kappa shape index (κ2) is 5.99. The Hall–Kier alpha value is -2.72. The van der Waals surface area contributed by atoms with Crippen LogP contribution in [0, 0.1) is 0 Å². The Bertz CT molecular complexity index is 1170. The molecule has 0 aromatic heterocycles. The van der Waals surface area contributed by atoms with E-state index in [2.05, 4.69) is 6.58 Å². The predicted octanol–water partition coefficient (Wildman–Crippen LogP) is 1.28. The molecule has 1 aromatic carbocycles. The van der Waals surface area contributed by atoms with E-state index in [0.29, 0.717) is 12.2 Å². The van der Waals surface area contributed by atoms with Gasteiger partial charge < -0.3 is 34.6 Å². The van der Waals surface area contributed by atoms with E-state index in [-0.39, 0.29) is 34.3 Å². The second-order valence-corrected chi connectivity index (χ2v) is 9.16. The van der Waals surface area contributed by atoms with Crippen LogP contribution in [0.5, 0.6) is 11.5 Å². The number of aliphatic hydroxyl groups excluding tert-OH is 1. The van der Waals surface area contributed by atoms with Crippen LogP contribution in [0.25, 0.3) is 0 Å². The van der Waals surface area contributed by atoms with Crippen molar-refractivity contribution in [2.45, 2.75) is 68.9 Å². The number of carbonyl (C=O) groups is 2. The van der Waals surface area contributed by atoms with Crippen LogP contribution in [0.3, 0.4) is 0 Å². The van der Waals surface area contributed by atoms with Gasteiger partial charge in [0.25, 0.3) is 0 Å². The maximum atomic E-state index is 13.7. The third kappa shape index (κ3) is 2.08. The molecule has 2 saturated heterocycles. The summed E-state index contributed by atoms with van der Waals surface area (Å²) in [5.74, 6) is -2.07. The molecule has 4 N–H and O–H groups in total. The number of carbonyl (C=O) groups excluding carboxylic acids is 2. The molecule has 2 fully saturated rings. The zero-order valence-corrected chi connectivity index (χ0v) is 17.4. The molecule has 4 unspecified atom stereocenters. The summed E-state index contributed by atoms with van der Waals surface area (Å²) in [4.78, 5) is 27.3. The first kappa shape index (κ1) is 19.9. The largest absolute Gasteiger partial charge is 0.507 e. The van der Waals surface area contributed by atoms with E-state index >= 15 is 0 Å². The number of Topliss-reactive ketones (excluding diaryl/α,β-unsaturated/α-hetero) is 2. The molecule has 0 spiro atoms. The number of phenolic OH excluding ortho intramolecular Hbond substituents is 2. The predicted molar refractivity (Wildman–Crippen MR) is 106 cm³/mol. The quantitative estimate of drug-likeness (QED) is 0.437. The van der Waals surface area contributed by atoms with Gasteiger partial charge in [0, 0.05) is 29.5 Å². The Morgan fingerprint density at radius 3 is 2.38 bits per heavy atom. The molecular formula is C23H22O9. The molecule has 9 nitrogen and oxygen atoms in total. The Labute approximate surface area is 182 Å². The van der Waals surface area contributed by atoms with Crippen molar-refractivity contribution in [3.8, 4) is 11.5 Å². The zero-order valence-electron chi connectivity index (χ0n) is 17.4. The highest BCUT2D eigenvalue weighted by molar-refractivity contribution is 6.30. The van der Waals surface area contributed by atoms with E-state index in [9.17, 15) is 30.0 Å². The minimum atomic E-state index is -2.05. The van der Waals surface area contributed by atoms with Crippen LogP contribution < -0.4 is 0 Å². The summed E-state index contributed by atoms with van der Waals surface area (Å²) < 4.78 is 17.3. The zero-order chi connectivity index (χ0) is 22.9. The molecule has 4 heterocycles. The van der Waals surface area contributed by atoms with Crippen LogP contribution in [0.4, 0.5) is 0 Å². The SMILES string of the molecule is C=C1C[C@@H]2O[C@@H](C)C3=C(C(=O)c4c(O)c5c(c(O)c4C3=O)C3(O)C(O)CC5OC3C)[C@@H]2O1. The highest BCUT2D eigenvalue weighted by Crippen LogP contribution is 2.59. The first-order chi connectivity index (χ1) is 15.1. The number of aromatic hydroxyl groups is 2. The smallest absolute Gasteiger partial charge is 0.197 e. The van der Waals surface area contributed by atoms with Crippen LogP contribution in [0.2, 0.25) is 0 Å². The first-order valence-corrected chi connectivity index (χ1v) is 10.6. The number of ketones is 2. The monoisotopic (exact) mass is 442 g/mol. The molecule has 1 aromatic rings. The molecule has 0 amide bonds. The van der Waals surface area contributed by atoms with E-state index in [1.54, 1.807) is 6.92 Å². The highest BCUT2D eigenvalue weighted by atomic mass is 16.6. The van der Waals surface area contributed by atoms with Gasteiger partial charge in [-0.15, -0.1) is 0 Å². The molecule has 6 aliphatic rings.